The van der Waals surface area contributed by atoms with Gasteiger partial charge in [0.05, 0.1) is 4.90 Å². The molecule has 0 aliphatic heterocycles. The first-order valence-corrected chi connectivity index (χ1v) is 9.09. The Morgan fingerprint density at radius 3 is 2.23 bits per heavy atom. The van der Waals surface area contributed by atoms with Crippen molar-refractivity contribution in [2.75, 3.05) is 4.72 Å². The number of hydrogen-bond donors (Lipinski definition) is 1. The van der Waals surface area contributed by atoms with Crippen LogP contribution in [0.1, 0.15) is 36.5 Å². The molecule has 118 valence electrons. The number of aryl methyl sites for hydroxylation is 3. The molecule has 0 aliphatic rings. The molecular weight excluding hydrogens is 294 g/mol. The molecule has 0 saturated heterocycles. The number of benzene rings is 2. The van der Waals surface area contributed by atoms with E-state index < -0.39 is 10.0 Å². The van der Waals surface area contributed by atoms with Gasteiger partial charge in [0, 0.05) is 5.69 Å². The highest BCUT2D eigenvalue weighted by Gasteiger charge is 2.14. The fourth-order valence-corrected chi connectivity index (χ4v) is 3.36. The molecule has 0 amide bonds. The fourth-order valence-electron chi connectivity index (χ4n) is 2.22. The predicted molar refractivity (Wildman–Crippen MR) is 91.8 cm³/mol. The molecule has 0 aliphatic carbocycles. The van der Waals surface area contributed by atoms with Gasteiger partial charge in [0.2, 0.25) is 0 Å². The molecule has 0 bridgehead atoms. The summed E-state index contributed by atoms with van der Waals surface area (Å²) in [5.41, 5.74) is 3.88. The van der Waals surface area contributed by atoms with Crippen LogP contribution in [0.15, 0.2) is 47.4 Å². The number of hydrogen-bond acceptors (Lipinski definition) is 2. The average molecular weight is 317 g/mol. The quantitative estimate of drug-likeness (QED) is 0.855. The van der Waals surface area contributed by atoms with Crippen LogP contribution in [-0.2, 0) is 16.4 Å². The van der Waals surface area contributed by atoms with Crippen LogP contribution in [0.25, 0.3) is 0 Å². The van der Waals surface area contributed by atoms with E-state index in [0.717, 1.165) is 30.4 Å². The second kappa shape index (κ2) is 6.97. The summed E-state index contributed by atoms with van der Waals surface area (Å²) in [4.78, 5) is 0.297. The van der Waals surface area contributed by atoms with Crippen molar-refractivity contribution in [3.63, 3.8) is 0 Å². The Balaban J connectivity index is 2.16. The van der Waals surface area contributed by atoms with Gasteiger partial charge < -0.3 is 0 Å². The lowest BCUT2D eigenvalue weighted by Crippen LogP contribution is -2.13. The molecule has 0 fully saturated rings. The standard InChI is InChI=1S/C18H23NO2S/c1-4-5-6-16-8-10-17(11-9-16)19-22(20,21)18-12-7-14(2)15(3)13-18/h7-13,19H,4-6H2,1-3H3. The van der Waals surface area contributed by atoms with E-state index in [1.807, 2.05) is 44.2 Å². The summed E-state index contributed by atoms with van der Waals surface area (Å²) in [6, 6.07) is 12.8. The highest BCUT2D eigenvalue weighted by atomic mass is 32.2. The van der Waals surface area contributed by atoms with Gasteiger partial charge in [-0.3, -0.25) is 4.72 Å². The van der Waals surface area contributed by atoms with E-state index in [2.05, 4.69) is 11.6 Å². The highest BCUT2D eigenvalue weighted by molar-refractivity contribution is 7.92. The molecule has 0 aromatic heterocycles. The number of anilines is 1. The Bertz CT molecular complexity index is 734. The van der Waals surface area contributed by atoms with Gasteiger partial charge in [-0.2, -0.15) is 0 Å². The molecule has 0 atom stereocenters. The van der Waals surface area contributed by atoms with Crippen molar-refractivity contribution in [1.29, 1.82) is 0 Å². The van der Waals surface area contributed by atoms with Crippen molar-refractivity contribution in [3.05, 3.63) is 59.2 Å². The smallest absolute Gasteiger partial charge is 0.261 e. The molecule has 4 heteroatoms. The van der Waals surface area contributed by atoms with Gasteiger partial charge in [0.25, 0.3) is 10.0 Å². The zero-order chi connectivity index (χ0) is 16.2. The Morgan fingerprint density at radius 2 is 1.64 bits per heavy atom. The van der Waals surface area contributed by atoms with Crippen LogP contribution in [0.4, 0.5) is 5.69 Å². The van der Waals surface area contributed by atoms with E-state index in [0.29, 0.717) is 10.6 Å². The van der Waals surface area contributed by atoms with Gasteiger partial charge in [-0.25, -0.2) is 8.42 Å². The van der Waals surface area contributed by atoms with Crippen LogP contribution < -0.4 is 4.72 Å². The van der Waals surface area contributed by atoms with E-state index in [1.165, 1.54) is 5.56 Å². The third kappa shape index (κ3) is 4.10. The molecule has 0 radical (unpaired) electrons. The molecular formula is C18H23NO2S. The van der Waals surface area contributed by atoms with Gasteiger partial charge in [-0.05, 0) is 67.6 Å². The van der Waals surface area contributed by atoms with Crippen LogP contribution >= 0.6 is 0 Å². The van der Waals surface area contributed by atoms with Gasteiger partial charge in [0.1, 0.15) is 0 Å². The molecule has 3 nitrogen and oxygen atoms in total. The number of nitrogens with one attached hydrogen (secondary N) is 1. The van der Waals surface area contributed by atoms with Gasteiger partial charge in [-0.1, -0.05) is 31.5 Å². The minimum atomic E-state index is -3.53. The molecule has 22 heavy (non-hydrogen) atoms. The normalized spacial score (nSPS) is 11.4. The maximum absolute atomic E-state index is 12.4. The molecule has 1 N–H and O–H groups in total. The van der Waals surface area contributed by atoms with Gasteiger partial charge in [-0.15, -0.1) is 0 Å². The van der Waals surface area contributed by atoms with Crippen LogP contribution in [0.5, 0.6) is 0 Å². The monoisotopic (exact) mass is 317 g/mol. The summed E-state index contributed by atoms with van der Waals surface area (Å²) in [6.45, 7) is 6.04. The largest absolute Gasteiger partial charge is 0.280 e. The molecule has 0 spiro atoms. The van der Waals surface area contributed by atoms with Crippen LogP contribution in [-0.4, -0.2) is 8.42 Å². The van der Waals surface area contributed by atoms with Crippen molar-refractivity contribution in [2.24, 2.45) is 0 Å². The summed E-state index contributed by atoms with van der Waals surface area (Å²) in [5, 5.41) is 0. The van der Waals surface area contributed by atoms with Crippen molar-refractivity contribution < 1.29 is 8.42 Å². The fraction of sp³-hybridized carbons (Fsp3) is 0.333. The van der Waals surface area contributed by atoms with E-state index in [9.17, 15) is 8.42 Å². The van der Waals surface area contributed by atoms with Crippen molar-refractivity contribution in [3.8, 4) is 0 Å². The maximum Gasteiger partial charge on any atom is 0.261 e. The average Bonchev–Trinajstić information content (AvgIpc) is 2.49. The molecule has 0 heterocycles. The molecule has 0 saturated carbocycles. The van der Waals surface area contributed by atoms with Gasteiger partial charge in [0.15, 0.2) is 0 Å². The van der Waals surface area contributed by atoms with Crippen molar-refractivity contribution >= 4 is 15.7 Å². The van der Waals surface area contributed by atoms with E-state index in [4.69, 9.17) is 0 Å². The molecule has 0 unspecified atom stereocenters. The Labute approximate surface area is 133 Å². The lowest BCUT2D eigenvalue weighted by molar-refractivity contribution is 0.601. The number of sulfonamides is 1. The first-order chi connectivity index (χ1) is 10.4. The third-order valence-electron chi connectivity index (χ3n) is 3.81. The van der Waals surface area contributed by atoms with Crippen LogP contribution in [0.2, 0.25) is 0 Å². The van der Waals surface area contributed by atoms with Crippen LogP contribution in [0.3, 0.4) is 0 Å². The van der Waals surface area contributed by atoms with Gasteiger partial charge >= 0.3 is 0 Å². The SMILES string of the molecule is CCCCc1ccc(NS(=O)(=O)c2ccc(C)c(C)c2)cc1. The molecule has 2 rings (SSSR count). The molecule has 2 aromatic rings. The predicted octanol–water partition coefficient (Wildman–Crippen LogP) is 4.45. The lowest BCUT2D eigenvalue weighted by Gasteiger charge is -2.10. The summed E-state index contributed by atoms with van der Waals surface area (Å²) in [6.07, 6.45) is 3.33. The topological polar surface area (TPSA) is 46.2 Å². The van der Waals surface area contributed by atoms with Crippen molar-refractivity contribution in [1.82, 2.24) is 0 Å². The zero-order valence-corrected chi connectivity index (χ0v) is 14.2. The maximum atomic E-state index is 12.4. The Morgan fingerprint density at radius 1 is 0.955 bits per heavy atom. The summed E-state index contributed by atoms with van der Waals surface area (Å²) >= 11 is 0. The van der Waals surface area contributed by atoms with E-state index >= 15 is 0 Å². The first-order valence-electron chi connectivity index (χ1n) is 7.61. The number of unbranched alkanes of at least 4 members (excludes halogenated alkanes) is 1. The zero-order valence-electron chi connectivity index (χ0n) is 13.4. The first kappa shape index (κ1) is 16.6. The second-order valence-corrected chi connectivity index (χ2v) is 7.33. The second-order valence-electron chi connectivity index (χ2n) is 5.65. The Hall–Kier alpha value is -1.81. The summed E-state index contributed by atoms with van der Waals surface area (Å²) < 4.78 is 27.5. The summed E-state index contributed by atoms with van der Waals surface area (Å²) in [5.74, 6) is 0. The Kier molecular flexibility index (Phi) is 5.24. The highest BCUT2D eigenvalue weighted by Crippen LogP contribution is 2.19. The minimum absolute atomic E-state index is 0.297. The lowest BCUT2D eigenvalue weighted by atomic mass is 10.1. The summed E-state index contributed by atoms with van der Waals surface area (Å²) in [7, 11) is -3.53. The van der Waals surface area contributed by atoms with E-state index in [1.54, 1.807) is 12.1 Å². The molecule has 2 aromatic carbocycles. The van der Waals surface area contributed by atoms with E-state index in [-0.39, 0.29) is 0 Å². The third-order valence-corrected chi connectivity index (χ3v) is 5.19. The van der Waals surface area contributed by atoms with Crippen molar-refractivity contribution in [2.45, 2.75) is 44.9 Å². The number of rotatable bonds is 6. The van der Waals surface area contributed by atoms with Crippen LogP contribution in [0, 0.1) is 13.8 Å². The minimum Gasteiger partial charge on any atom is -0.280 e.